The van der Waals surface area contributed by atoms with Crippen molar-refractivity contribution >= 4 is 41.5 Å². The molecule has 0 spiro atoms. The first-order valence-electron chi connectivity index (χ1n) is 5.55. The molecule has 0 aromatic heterocycles. The molecule has 7 heteroatoms. The lowest BCUT2D eigenvalue weighted by atomic mass is 10.2. The molecule has 0 saturated carbocycles. The molecule has 0 aliphatic rings. The normalized spacial score (nSPS) is 11.1. The van der Waals surface area contributed by atoms with E-state index in [0.717, 1.165) is 0 Å². The first-order valence-corrected chi connectivity index (χ1v) is 5.93. The molecule has 19 heavy (non-hydrogen) atoms. The van der Waals surface area contributed by atoms with E-state index in [1.807, 2.05) is 0 Å². The van der Waals surface area contributed by atoms with Gasteiger partial charge in [-0.3, -0.25) is 9.59 Å². The van der Waals surface area contributed by atoms with Gasteiger partial charge in [0, 0.05) is 23.2 Å². The van der Waals surface area contributed by atoms with Gasteiger partial charge in [0.1, 0.15) is 0 Å². The van der Waals surface area contributed by atoms with Crippen LogP contribution >= 0.6 is 24.0 Å². The van der Waals surface area contributed by atoms with Gasteiger partial charge < -0.3 is 16.4 Å². The number of halogens is 2. The van der Waals surface area contributed by atoms with E-state index in [0.29, 0.717) is 10.7 Å². The summed E-state index contributed by atoms with van der Waals surface area (Å²) in [4.78, 5) is 22.8. The monoisotopic (exact) mass is 305 g/mol. The minimum atomic E-state index is -0.296. The van der Waals surface area contributed by atoms with Crippen molar-refractivity contribution in [3.05, 3.63) is 29.3 Å². The summed E-state index contributed by atoms with van der Waals surface area (Å²) in [5.41, 5.74) is 6.09. The van der Waals surface area contributed by atoms with E-state index >= 15 is 0 Å². The highest BCUT2D eigenvalue weighted by Crippen LogP contribution is 2.12. The molecule has 5 nitrogen and oxygen atoms in total. The highest BCUT2D eigenvalue weighted by atomic mass is 35.5. The predicted octanol–water partition coefficient (Wildman–Crippen LogP) is 1.55. The van der Waals surface area contributed by atoms with Gasteiger partial charge in [0.25, 0.3) is 0 Å². The number of amides is 2. The Morgan fingerprint density at radius 1 is 1.26 bits per heavy atom. The Bertz CT molecular complexity index is 421. The maximum atomic E-state index is 11.5. The van der Waals surface area contributed by atoms with Crippen LogP contribution in [0.4, 0.5) is 5.69 Å². The van der Waals surface area contributed by atoms with Crippen LogP contribution in [0.2, 0.25) is 5.02 Å². The van der Waals surface area contributed by atoms with Crippen molar-refractivity contribution in [3.8, 4) is 0 Å². The summed E-state index contributed by atoms with van der Waals surface area (Å²) >= 11 is 5.72. The van der Waals surface area contributed by atoms with Gasteiger partial charge in [0.2, 0.25) is 11.8 Å². The molecule has 2 amide bonds. The summed E-state index contributed by atoms with van der Waals surface area (Å²) in [6, 6.07) is 6.50. The maximum Gasteiger partial charge on any atom is 0.243 e. The van der Waals surface area contributed by atoms with Gasteiger partial charge in [-0.05, 0) is 31.2 Å². The number of carbonyl (C=O) groups is 2. The van der Waals surface area contributed by atoms with Gasteiger partial charge >= 0.3 is 0 Å². The fraction of sp³-hybridized carbons (Fsp3) is 0.333. The number of nitrogens with two attached hydrogens (primary N) is 1. The topological polar surface area (TPSA) is 84.2 Å². The second-order valence-corrected chi connectivity index (χ2v) is 4.45. The summed E-state index contributed by atoms with van der Waals surface area (Å²) in [5.74, 6) is -0.536. The van der Waals surface area contributed by atoms with E-state index in [2.05, 4.69) is 10.6 Å². The van der Waals surface area contributed by atoms with Crippen LogP contribution in [0.3, 0.4) is 0 Å². The predicted molar refractivity (Wildman–Crippen MR) is 78.6 cm³/mol. The van der Waals surface area contributed by atoms with Crippen molar-refractivity contribution in [2.75, 3.05) is 11.9 Å². The molecule has 106 valence electrons. The Hall–Kier alpha value is -1.30. The highest BCUT2D eigenvalue weighted by Gasteiger charge is 2.07. The van der Waals surface area contributed by atoms with Crippen molar-refractivity contribution in [3.63, 3.8) is 0 Å². The molecule has 0 radical (unpaired) electrons. The summed E-state index contributed by atoms with van der Waals surface area (Å²) in [6.45, 7) is 1.65. The summed E-state index contributed by atoms with van der Waals surface area (Å²) in [5, 5.41) is 5.72. The Kier molecular flexibility index (Phi) is 8.14. The fourth-order valence-electron chi connectivity index (χ4n) is 1.28. The molecule has 0 aliphatic heterocycles. The van der Waals surface area contributed by atoms with Crippen LogP contribution < -0.4 is 16.4 Å². The lowest BCUT2D eigenvalue weighted by molar-refractivity contribution is -0.124. The maximum absolute atomic E-state index is 11.5. The van der Waals surface area contributed by atoms with Crippen LogP contribution in [0.1, 0.15) is 13.3 Å². The Labute approximate surface area is 123 Å². The molecule has 0 saturated heterocycles. The number of rotatable bonds is 5. The highest BCUT2D eigenvalue weighted by molar-refractivity contribution is 6.30. The summed E-state index contributed by atoms with van der Waals surface area (Å²) in [6.07, 6.45) is 0.203. The number of hydrogen-bond donors (Lipinski definition) is 3. The first kappa shape index (κ1) is 17.7. The molecule has 0 bridgehead atoms. The SMILES string of the molecule is CC(N)CC(=O)NCC(=O)Nc1ccc(Cl)cc1.Cl. The molecule has 1 rings (SSSR count). The molecule has 1 atom stereocenters. The number of carbonyl (C=O) groups excluding carboxylic acids is 2. The van der Waals surface area contributed by atoms with Crippen molar-refractivity contribution in [1.29, 1.82) is 0 Å². The van der Waals surface area contributed by atoms with Gasteiger partial charge in [-0.1, -0.05) is 11.6 Å². The van der Waals surface area contributed by atoms with E-state index in [1.165, 1.54) is 0 Å². The van der Waals surface area contributed by atoms with Crippen LogP contribution in [0.25, 0.3) is 0 Å². The van der Waals surface area contributed by atoms with Gasteiger partial charge in [0.05, 0.1) is 6.54 Å². The molecule has 0 heterocycles. The molecule has 4 N–H and O–H groups in total. The number of hydrogen-bond acceptors (Lipinski definition) is 3. The van der Waals surface area contributed by atoms with Gasteiger partial charge in [-0.15, -0.1) is 12.4 Å². The Morgan fingerprint density at radius 3 is 2.37 bits per heavy atom. The largest absolute Gasteiger partial charge is 0.347 e. The smallest absolute Gasteiger partial charge is 0.243 e. The third-order valence-corrected chi connectivity index (χ3v) is 2.33. The van der Waals surface area contributed by atoms with Crippen LogP contribution in [0.5, 0.6) is 0 Å². The molecular weight excluding hydrogens is 289 g/mol. The Balaban J connectivity index is 0.00000324. The third-order valence-electron chi connectivity index (χ3n) is 2.08. The zero-order valence-corrected chi connectivity index (χ0v) is 12.1. The quantitative estimate of drug-likeness (QED) is 0.772. The molecule has 0 aliphatic carbocycles. The minimum absolute atomic E-state index is 0. The van der Waals surface area contributed by atoms with E-state index < -0.39 is 0 Å². The van der Waals surface area contributed by atoms with Crippen LogP contribution in [0, 0.1) is 0 Å². The summed E-state index contributed by atoms with van der Waals surface area (Å²) < 4.78 is 0. The van der Waals surface area contributed by atoms with Crippen molar-refractivity contribution in [2.24, 2.45) is 5.73 Å². The van der Waals surface area contributed by atoms with Crippen LogP contribution in [-0.4, -0.2) is 24.4 Å². The van der Waals surface area contributed by atoms with Crippen molar-refractivity contribution < 1.29 is 9.59 Å². The number of anilines is 1. The van der Waals surface area contributed by atoms with E-state index in [-0.39, 0.29) is 43.2 Å². The Morgan fingerprint density at radius 2 is 1.84 bits per heavy atom. The van der Waals surface area contributed by atoms with Gasteiger partial charge in [-0.25, -0.2) is 0 Å². The molecular formula is C12H17Cl2N3O2. The van der Waals surface area contributed by atoms with E-state index in [4.69, 9.17) is 17.3 Å². The molecule has 1 aromatic rings. The number of nitrogens with one attached hydrogen (secondary N) is 2. The van der Waals surface area contributed by atoms with Crippen LogP contribution in [-0.2, 0) is 9.59 Å². The first-order chi connectivity index (χ1) is 8.47. The van der Waals surface area contributed by atoms with Crippen LogP contribution in [0.15, 0.2) is 24.3 Å². The zero-order valence-electron chi connectivity index (χ0n) is 10.5. The second kappa shape index (κ2) is 8.74. The average molecular weight is 306 g/mol. The second-order valence-electron chi connectivity index (χ2n) is 4.01. The fourth-order valence-corrected chi connectivity index (χ4v) is 1.41. The molecule has 1 aromatic carbocycles. The third kappa shape index (κ3) is 7.66. The standard InChI is InChI=1S/C12H16ClN3O2.ClH/c1-8(14)6-11(17)15-7-12(18)16-10-4-2-9(13)3-5-10;/h2-5,8H,6-7,14H2,1H3,(H,15,17)(H,16,18);1H. The van der Waals surface area contributed by atoms with Gasteiger partial charge in [0.15, 0.2) is 0 Å². The average Bonchev–Trinajstić information content (AvgIpc) is 2.29. The molecule has 0 fully saturated rings. The minimum Gasteiger partial charge on any atom is -0.347 e. The van der Waals surface area contributed by atoms with Crippen molar-refractivity contribution in [1.82, 2.24) is 5.32 Å². The van der Waals surface area contributed by atoms with E-state index in [9.17, 15) is 9.59 Å². The number of benzene rings is 1. The van der Waals surface area contributed by atoms with Crippen molar-refractivity contribution in [2.45, 2.75) is 19.4 Å². The zero-order chi connectivity index (χ0) is 13.5. The van der Waals surface area contributed by atoms with E-state index in [1.54, 1.807) is 31.2 Å². The lowest BCUT2D eigenvalue weighted by Crippen LogP contribution is -2.35. The lowest BCUT2D eigenvalue weighted by Gasteiger charge is -2.08. The van der Waals surface area contributed by atoms with Gasteiger partial charge in [-0.2, -0.15) is 0 Å². The summed E-state index contributed by atoms with van der Waals surface area (Å²) in [7, 11) is 0. The molecule has 1 unspecified atom stereocenters.